The second-order valence-corrected chi connectivity index (χ2v) is 4.88. The molecule has 114 valence electrons. The summed E-state index contributed by atoms with van der Waals surface area (Å²) in [5.41, 5.74) is 4.39. The van der Waals surface area contributed by atoms with E-state index in [1.54, 1.807) is 14.2 Å². The molecule has 0 aliphatic carbocycles. The van der Waals surface area contributed by atoms with Crippen LogP contribution in [0.2, 0.25) is 0 Å². The summed E-state index contributed by atoms with van der Waals surface area (Å²) in [5.74, 6) is 1.42. The average Bonchev–Trinajstić information content (AvgIpc) is 2.79. The SMILES string of the molecule is CCNCc1c(C)nn(-c2ccc(OC)c(OC)c2)c1C. The van der Waals surface area contributed by atoms with Gasteiger partial charge >= 0.3 is 0 Å². The van der Waals surface area contributed by atoms with Crippen molar-refractivity contribution in [3.63, 3.8) is 0 Å². The van der Waals surface area contributed by atoms with Crippen LogP contribution < -0.4 is 14.8 Å². The van der Waals surface area contributed by atoms with Gasteiger partial charge in [0.1, 0.15) is 0 Å². The zero-order valence-corrected chi connectivity index (χ0v) is 13.4. The third-order valence-corrected chi connectivity index (χ3v) is 3.60. The first-order chi connectivity index (χ1) is 10.1. The molecule has 0 fully saturated rings. The number of methoxy groups -OCH3 is 2. The van der Waals surface area contributed by atoms with Crippen LogP contribution in [0.1, 0.15) is 23.9 Å². The van der Waals surface area contributed by atoms with Crippen LogP contribution in [-0.2, 0) is 6.54 Å². The molecule has 1 aromatic heterocycles. The molecule has 1 aromatic carbocycles. The minimum atomic E-state index is 0.704. The lowest BCUT2D eigenvalue weighted by Crippen LogP contribution is -2.13. The highest BCUT2D eigenvalue weighted by atomic mass is 16.5. The van der Waals surface area contributed by atoms with Gasteiger partial charge in [-0.1, -0.05) is 6.92 Å². The lowest BCUT2D eigenvalue weighted by molar-refractivity contribution is 0.354. The summed E-state index contributed by atoms with van der Waals surface area (Å²) in [6.07, 6.45) is 0. The summed E-state index contributed by atoms with van der Waals surface area (Å²) >= 11 is 0. The standard InChI is InChI=1S/C16H23N3O2/c1-6-17-10-14-11(2)18-19(12(14)3)13-7-8-15(20-4)16(9-13)21-5/h7-9,17H,6,10H2,1-5H3. The maximum atomic E-state index is 5.36. The summed E-state index contributed by atoms with van der Waals surface area (Å²) < 4.78 is 12.6. The van der Waals surface area contributed by atoms with Crippen LogP contribution >= 0.6 is 0 Å². The van der Waals surface area contributed by atoms with Crippen LogP contribution in [0.4, 0.5) is 0 Å². The summed E-state index contributed by atoms with van der Waals surface area (Å²) in [6, 6.07) is 5.82. The fourth-order valence-electron chi connectivity index (χ4n) is 2.39. The van der Waals surface area contributed by atoms with E-state index in [4.69, 9.17) is 9.47 Å². The van der Waals surface area contributed by atoms with E-state index in [1.807, 2.05) is 29.8 Å². The van der Waals surface area contributed by atoms with Gasteiger partial charge in [-0.25, -0.2) is 4.68 Å². The van der Waals surface area contributed by atoms with E-state index in [0.717, 1.165) is 35.9 Å². The number of ether oxygens (including phenoxy) is 2. The molecule has 0 atom stereocenters. The van der Waals surface area contributed by atoms with E-state index < -0.39 is 0 Å². The van der Waals surface area contributed by atoms with Crippen molar-refractivity contribution in [2.45, 2.75) is 27.3 Å². The van der Waals surface area contributed by atoms with Crippen LogP contribution in [0, 0.1) is 13.8 Å². The van der Waals surface area contributed by atoms with Gasteiger partial charge in [-0.3, -0.25) is 0 Å². The number of nitrogens with zero attached hydrogens (tertiary/aromatic N) is 2. The molecule has 21 heavy (non-hydrogen) atoms. The monoisotopic (exact) mass is 289 g/mol. The maximum Gasteiger partial charge on any atom is 0.162 e. The van der Waals surface area contributed by atoms with Gasteiger partial charge in [0.15, 0.2) is 11.5 Å². The van der Waals surface area contributed by atoms with Crippen molar-refractivity contribution in [1.29, 1.82) is 0 Å². The molecule has 0 radical (unpaired) electrons. The first kappa shape index (κ1) is 15.4. The second kappa shape index (κ2) is 6.63. The zero-order valence-electron chi connectivity index (χ0n) is 13.4. The first-order valence-corrected chi connectivity index (χ1v) is 7.10. The summed E-state index contributed by atoms with van der Waals surface area (Å²) in [4.78, 5) is 0. The van der Waals surface area contributed by atoms with Gasteiger partial charge in [0.25, 0.3) is 0 Å². The highest BCUT2D eigenvalue weighted by Gasteiger charge is 2.14. The number of benzene rings is 1. The molecule has 0 saturated carbocycles. The Morgan fingerprint density at radius 3 is 2.48 bits per heavy atom. The molecule has 0 spiro atoms. The van der Waals surface area contributed by atoms with E-state index in [0.29, 0.717) is 5.75 Å². The van der Waals surface area contributed by atoms with Crippen molar-refractivity contribution in [1.82, 2.24) is 15.1 Å². The van der Waals surface area contributed by atoms with E-state index in [-0.39, 0.29) is 0 Å². The highest BCUT2D eigenvalue weighted by molar-refractivity contribution is 5.49. The minimum absolute atomic E-state index is 0.704. The number of nitrogens with one attached hydrogen (secondary N) is 1. The Morgan fingerprint density at radius 2 is 1.86 bits per heavy atom. The maximum absolute atomic E-state index is 5.36. The summed E-state index contributed by atoms with van der Waals surface area (Å²) in [7, 11) is 3.27. The fraction of sp³-hybridized carbons (Fsp3) is 0.438. The molecule has 1 N–H and O–H groups in total. The predicted octanol–water partition coefficient (Wildman–Crippen LogP) is 2.62. The Morgan fingerprint density at radius 1 is 1.14 bits per heavy atom. The lowest BCUT2D eigenvalue weighted by Gasteiger charge is -2.11. The van der Waals surface area contributed by atoms with Crippen molar-refractivity contribution in [2.24, 2.45) is 0 Å². The van der Waals surface area contributed by atoms with Gasteiger partial charge in [-0.05, 0) is 32.5 Å². The van der Waals surface area contributed by atoms with Gasteiger partial charge < -0.3 is 14.8 Å². The van der Waals surface area contributed by atoms with Gasteiger partial charge in [-0.2, -0.15) is 5.10 Å². The van der Waals surface area contributed by atoms with Crippen LogP contribution in [0.3, 0.4) is 0 Å². The Kier molecular flexibility index (Phi) is 4.85. The Labute approximate surface area is 125 Å². The van der Waals surface area contributed by atoms with Crippen LogP contribution in [0.25, 0.3) is 5.69 Å². The lowest BCUT2D eigenvalue weighted by atomic mass is 10.2. The number of hydrogen-bond donors (Lipinski definition) is 1. The van der Waals surface area contributed by atoms with Crippen molar-refractivity contribution in [2.75, 3.05) is 20.8 Å². The van der Waals surface area contributed by atoms with Crippen LogP contribution in [0.5, 0.6) is 11.5 Å². The third-order valence-electron chi connectivity index (χ3n) is 3.60. The summed E-state index contributed by atoms with van der Waals surface area (Å²) in [5, 5.41) is 8.00. The molecule has 2 aromatic rings. The molecule has 5 heteroatoms. The molecule has 1 heterocycles. The number of hydrogen-bond acceptors (Lipinski definition) is 4. The minimum Gasteiger partial charge on any atom is -0.493 e. The second-order valence-electron chi connectivity index (χ2n) is 4.88. The van der Waals surface area contributed by atoms with Gasteiger partial charge in [0, 0.05) is 23.9 Å². The largest absolute Gasteiger partial charge is 0.493 e. The Balaban J connectivity index is 2.42. The highest BCUT2D eigenvalue weighted by Crippen LogP contribution is 2.30. The van der Waals surface area contributed by atoms with Crippen LogP contribution in [-0.4, -0.2) is 30.5 Å². The molecule has 0 saturated heterocycles. The Bertz CT molecular complexity index is 620. The van der Waals surface area contributed by atoms with E-state index in [2.05, 4.69) is 24.3 Å². The Hall–Kier alpha value is -2.01. The van der Waals surface area contributed by atoms with Crippen molar-refractivity contribution in [3.8, 4) is 17.2 Å². The molecule has 2 rings (SSSR count). The molecule has 0 aliphatic heterocycles. The van der Waals surface area contributed by atoms with Gasteiger partial charge in [-0.15, -0.1) is 0 Å². The molecular weight excluding hydrogens is 266 g/mol. The van der Waals surface area contributed by atoms with E-state index in [1.165, 1.54) is 5.56 Å². The third kappa shape index (κ3) is 3.03. The van der Waals surface area contributed by atoms with Gasteiger partial charge in [0.05, 0.1) is 25.6 Å². The zero-order chi connectivity index (χ0) is 15.4. The molecule has 5 nitrogen and oxygen atoms in total. The fourth-order valence-corrected chi connectivity index (χ4v) is 2.39. The van der Waals surface area contributed by atoms with Crippen LogP contribution in [0.15, 0.2) is 18.2 Å². The predicted molar refractivity (Wildman–Crippen MR) is 83.5 cm³/mol. The number of aromatic nitrogens is 2. The number of aryl methyl sites for hydroxylation is 1. The van der Waals surface area contributed by atoms with Crippen molar-refractivity contribution < 1.29 is 9.47 Å². The molecule has 0 unspecified atom stereocenters. The normalized spacial score (nSPS) is 10.7. The van der Waals surface area contributed by atoms with Crippen molar-refractivity contribution in [3.05, 3.63) is 35.2 Å². The molecule has 0 amide bonds. The first-order valence-electron chi connectivity index (χ1n) is 7.10. The topological polar surface area (TPSA) is 48.3 Å². The molecule has 0 bridgehead atoms. The van der Waals surface area contributed by atoms with E-state index in [9.17, 15) is 0 Å². The summed E-state index contributed by atoms with van der Waals surface area (Å²) in [6.45, 7) is 8.01. The molecule has 0 aliphatic rings. The van der Waals surface area contributed by atoms with Crippen molar-refractivity contribution >= 4 is 0 Å². The quantitative estimate of drug-likeness (QED) is 0.888. The molecular formula is C16H23N3O2. The smallest absolute Gasteiger partial charge is 0.162 e. The van der Waals surface area contributed by atoms with Gasteiger partial charge in [0.2, 0.25) is 0 Å². The average molecular weight is 289 g/mol. The number of rotatable bonds is 6. The van der Waals surface area contributed by atoms with E-state index >= 15 is 0 Å².